The summed E-state index contributed by atoms with van der Waals surface area (Å²) in [5.41, 5.74) is 0.600. The summed E-state index contributed by atoms with van der Waals surface area (Å²) in [5.74, 6) is 0.845. The normalized spacial score (nSPS) is 17.8. The van der Waals surface area contributed by atoms with Crippen LogP contribution in [0.5, 0.6) is 5.75 Å². The van der Waals surface area contributed by atoms with E-state index in [-0.39, 0.29) is 11.9 Å². The van der Waals surface area contributed by atoms with E-state index in [1.54, 1.807) is 35.3 Å². The van der Waals surface area contributed by atoms with E-state index in [0.717, 1.165) is 11.8 Å². The molecular weight excluding hydrogens is 296 g/mol. The molecule has 4 rings (SSSR count). The standard InChI is InChI=1S/C16H16N4O3/c1-22-13-4-2-3-11-9-14(23-15(11)13)16(21)19-8-5-12(10-19)20-17-6-7-18-20/h2-4,6-7,9,12H,5,8,10H2,1H3/t12-/m0/s1. The minimum absolute atomic E-state index is 0.113. The van der Waals surface area contributed by atoms with Crippen molar-refractivity contribution in [3.8, 4) is 5.75 Å². The van der Waals surface area contributed by atoms with Crippen LogP contribution in [0, 0.1) is 0 Å². The number of hydrogen-bond acceptors (Lipinski definition) is 5. The third-order valence-corrected chi connectivity index (χ3v) is 4.15. The first-order chi connectivity index (χ1) is 11.3. The largest absolute Gasteiger partial charge is 0.493 e. The molecular formula is C16H16N4O3. The predicted molar refractivity (Wildman–Crippen MR) is 82.3 cm³/mol. The Labute approximate surface area is 132 Å². The topological polar surface area (TPSA) is 73.4 Å². The van der Waals surface area contributed by atoms with E-state index < -0.39 is 0 Å². The van der Waals surface area contributed by atoms with Gasteiger partial charge in [-0.1, -0.05) is 12.1 Å². The van der Waals surface area contributed by atoms with Gasteiger partial charge in [0.05, 0.1) is 25.5 Å². The van der Waals surface area contributed by atoms with E-state index in [1.165, 1.54) is 0 Å². The molecule has 0 radical (unpaired) electrons. The number of likely N-dealkylation sites (tertiary alicyclic amines) is 1. The van der Waals surface area contributed by atoms with Crippen LogP contribution in [0.25, 0.3) is 11.0 Å². The number of amides is 1. The highest BCUT2D eigenvalue weighted by Crippen LogP contribution is 2.30. The first kappa shape index (κ1) is 13.8. The minimum Gasteiger partial charge on any atom is -0.493 e. The Morgan fingerprint density at radius 3 is 2.96 bits per heavy atom. The minimum atomic E-state index is -0.113. The summed E-state index contributed by atoms with van der Waals surface area (Å²) in [4.78, 5) is 16.1. The van der Waals surface area contributed by atoms with Gasteiger partial charge < -0.3 is 14.1 Å². The van der Waals surface area contributed by atoms with E-state index in [2.05, 4.69) is 10.2 Å². The van der Waals surface area contributed by atoms with Crippen molar-refractivity contribution in [3.63, 3.8) is 0 Å². The monoisotopic (exact) mass is 312 g/mol. The van der Waals surface area contributed by atoms with E-state index >= 15 is 0 Å². The lowest BCUT2D eigenvalue weighted by Gasteiger charge is -2.14. The fourth-order valence-corrected chi connectivity index (χ4v) is 2.99. The third kappa shape index (κ3) is 2.34. The Kier molecular flexibility index (Phi) is 3.25. The van der Waals surface area contributed by atoms with Crippen LogP contribution in [-0.4, -0.2) is 46.0 Å². The molecule has 0 N–H and O–H groups in total. The van der Waals surface area contributed by atoms with Crippen molar-refractivity contribution in [1.82, 2.24) is 19.9 Å². The summed E-state index contributed by atoms with van der Waals surface area (Å²) < 4.78 is 11.0. The van der Waals surface area contributed by atoms with Gasteiger partial charge in [0.25, 0.3) is 5.91 Å². The Hall–Kier alpha value is -2.83. The molecule has 0 unspecified atom stereocenters. The van der Waals surface area contributed by atoms with Gasteiger partial charge in [-0.05, 0) is 18.6 Å². The molecule has 7 heteroatoms. The maximum atomic E-state index is 12.7. The quantitative estimate of drug-likeness (QED) is 0.740. The number of aromatic nitrogens is 3. The van der Waals surface area contributed by atoms with E-state index in [4.69, 9.17) is 9.15 Å². The number of methoxy groups -OCH3 is 1. The highest BCUT2D eigenvalue weighted by molar-refractivity contribution is 5.97. The van der Waals surface area contributed by atoms with Crippen LogP contribution in [-0.2, 0) is 0 Å². The summed E-state index contributed by atoms with van der Waals surface area (Å²) in [6.45, 7) is 1.25. The molecule has 3 aromatic rings. The second-order valence-corrected chi connectivity index (χ2v) is 5.53. The lowest BCUT2D eigenvalue weighted by Crippen LogP contribution is -2.29. The molecule has 1 saturated heterocycles. The maximum Gasteiger partial charge on any atom is 0.289 e. The van der Waals surface area contributed by atoms with Crippen molar-refractivity contribution in [2.45, 2.75) is 12.5 Å². The van der Waals surface area contributed by atoms with Gasteiger partial charge in [-0.2, -0.15) is 15.0 Å². The molecule has 0 aliphatic carbocycles. The number of ether oxygens (including phenoxy) is 1. The van der Waals surface area contributed by atoms with Crippen LogP contribution in [0.3, 0.4) is 0 Å². The molecule has 1 amide bonds. The van der Waals surface area contributed by atoms with Gasteiger partial charge in [-0.3, -0.25) is 4.79 Å². The number of benzene rings is 1. The van der Waals surface area contributed by atoms with Crippen molar-refractivity contribution in [2.24, 2.45) is 0 Å². The number of hydrogen-bond donors (Lipinski definition) is 0. The Balaban J connectivity index is 1.58. The summed E-state index contributed by atoms with van der Waals surface area (Å²) in [5, 5.41) is 9.16. The lowest BCUT2D eigenvalue weighted by atomic mass is 10.2. The van der Waals surface area contributed by atoms with Crippen molar-refractivity contribution in [1.29, 1.82) is 0 Å². The molecule has 0 bridgehead atoms. The number of nitrogens with zero attached hydrogens (tertiary/aromatic N) is 4. The molecule has 2 aromatic heterocycles. The van der Waals surface area contributed by atoms with Crippen molar-refractivity contribution >= 4 is 16.9 Å². The fourth-order valence-electron chi connectivity index (χ4n) is 2.99. The smallest absolute Gasteiger partial charge is 0.289 e. The summed E-state index contributed by atoms with van der Waals surface area (Å²) in [6.07, 6.45) is 4.13. The van der Waals surface area contributed by atoms with E-state index in [1.807, 2.05) is 18.2 Å². The van der Waals surface area contributed by atoms with Crippen molar-refractivity contribution in [2.75, 3.05) is 20.2 Å². The van der Waals surface area contributed by atoms with Crippen LogP contribution >= 0.6 is 0 Å². The zero-order chi connectivity index (χ0) is 15.8. The summed E-state index contributed by atoms with van der Waals surface area (Å²) in [6, 6.07) is 7.47. The Bertz CT molecular complexity index is 840. The predicted octanol–water partition coefficient (Wildman–Crippen LogP) is 2.12. The molecule has 1 aliphatic rings. The second kappa shape index (κ2) is 5.42. The van der Waals surface area contributed by atoms with Crippen LogP contribution in [0.1, 0.15) is 23.0 Å². The number of carbonyl (C=O) groups is 1. The lowest BCUT2D eigenvalue weighted by molar-refractivity contribution is 0.0757. The number of para-hydroxylation sites is 1. The van der Waals surface area contributed by atoms with Gasteiger partial charge in [0.15, 0.2) is 17.1 Å². The molecule has 118 valence electrons. The van der Waals surface area contributed by atoms with Gasteiger partial charge >= 0.3 is 0 Å². The molecule has 1 fully saturated rings. The van der Waals surface area contributed by atoms with E-state index in [9.17, 15) is 4.79 Å². The highest BCUT2D eigenvalue weighted by Gasteiger charge is 2.30. The summed E-state index contributed by atoms with van der Waals surface area (Å²) >= 11 is 0. The average Bonchev–Trinajstić information content (AvgIpc) is 3.32. The van der Waals surface area contributed by atoms with Crippen molar-refractivity contribution in [3.05, 3.63) is 42.4 Å². The van der Waals surface area contributed by atoms with Crippen molar-refractivity contribution < 1.29 is 13.9 Å². The average molecular weight is 312 g/mol. The molecule has 23 heavy (non-hydrogen) atoms. The second-order valence-electron chi connectivity index (χ2n) is 5.53. The van der Waals surface area contributed by atoms with Gasteiger partial charge in [-0.25, -0.2) is 0 Å². The highest BCUT2D eigenvalue weighted by atomic mass is 16.5. The number of carbonyl (C=O) groups excluding carboxylic acids is 1. The number of furan rings is 1. The first-order valence-corrected chi connectivity index (χ1v) is 7.48. The zero-order valence-corrected chi connectivity index (χ0v) is 12.7. The van der Waals surface area contributed by atoms with E-state index in [0.29, 0.717) is 30.2 Å². The molecule has 0 saturated carbocycles. The molecule has 1 aliphatic heterocycles. The third-order valence-electron chi connectivity index (χ3n) is 4.15. The molecule has 1 aromatic carbocycles. The van der Waals surface area contributed by atoms with Crippen LogP contribution in [0.15, 0.2) is 41.1 Å². The molecule has 1 atom stereocenters. The Morgan fingerprint density at radius 1 is 1.35 bits per heavy atom. The van der Waals surface area contributed by atoms with Crippen LogP contribution < -0.4 is 4.74 Å². The molecule has 0 spiro atoms. The SMILES string of the molecule is COc1cccc2cc(C(=O)N3CC[C@H](n4nccn4)C3)oc12. The fraction of sp³-hybridized carbons (Fsp3) is 0.312. The van der Waals surface area contributed by atoms with Gasteiger partial charge in [0.2, 0.25) is 0 Å². The van der Waals surface area contributed by atoms with Crippen LogP contribution in [0.4, 0.5) is 0 Å². The number of fused-ring (bicyclic) bond motifs is 1. The van der Waals surface area contributed by atoms with Gasteiger partial charge in [0, 0.05) is 18.5 Å². The molecule has 3 heterocycles. The zero-order valence-electron chi connectivity index (χ0n) is 12.7. The van der Waals surface area contributed by atoms with Gasteiger partial charge in [-0.15, -0.1) is 0 Å². The molecule has 7 nitrogen and oxygen atoms in total. The first-order valence-electron chi connectivity index (χ1n) is 7.48. The summed E-state index contributed by atoms with van der Waals surface area (Å²) in [7, 11) is 1.58. The van der Waals surface area contributed by atoms with Crippen LogP contribution in [0.2, 0.25) is 0 Å². The Morgan fingerprint density at radius 2 is 2.17 bits per heavy atom. The number of rotatable bonds is 3. The van der Waals surface area contributed by atoms with Gasteiger partial charge in [0.1, 0.15) is 0 Å². The maximum absolute atomic E-state index is 12.7.